The first-order valence-corrected chi connectivity index (χ1v) is 8.32. The fourth-order valence-electron chi connectivity index (χ4n) is 3.77. The van der Waals surface area contributed by atoms with Gasteiger partial charge in [-0.1, -0.05) is 12.8 Å². The van der Waals surface area contributed by atoms with E-state index < -0.39 is 0 Å². The Kier molecular flexibility index (Phi) is 6.52. The van der Waals surface area contributed by atoms with Crippen molar-refractivity contribution in [3.63, 3.8) is 0 Å². The zero-order valence-corrected chi connectivity index (χ0v) is 15.8. The van der Waals surface area contributed by atoms with Crippen molar-refractivity contribution in [3.05, 3.63) is 18.5 Å². The molecule has 5 nitrogen and oxygen atoms in total. The van der Waals surface area contributed by atoms with Crippen LogP contribution in [0.25, 0.3) is 0 Å². The van der Waals surface area contributed by atoms with Crippen LogP contribution in [0, 0.1) is 5.41 Å². The molecule has 1 spiro atoms. The van der Waals surface area contributed by atoms with Crippen molar-refractivity contribution in [1.29, 1.82) is 0 Å². The molecule has 1 saturated carbocycles. The van der Waals surface area contributed by atoms with Crippen LogP contribution in [-0.2, 0) is 6.54 Å². The number of hydrogen-bond acceptors (Lipinski definition) is 2. The number of aliphatic imine (C=N–C) groups is 1. The summed E-state index contributed by atoms with van der Waals surface area (Å²) in [7, 11) is 0. The SMILES string of the molecule is CCNC(=NCCn1cccn1)N1CCC2(CCCC2)C1.I. The summed E-state index contributed by atoms with van der Waals surface area (Å²) < 4.78 is 1.94. The van der Waals surface area contributed by atoms with Gasteiger partial charge in [0.25, 0.3) is 0 Å². The molecule has 0 atom stereocenters. The third-order valence-electron chi connectivity index (χ3n) is 4.89. The smallest absolute Gasteiger partial charge is 0.193 e. The van der Waals surface area contributed by atoms with E-state index in [0.29, 0.717) is 5.41 Å². The highest BCUT2D eigenvalue weighted by Crippen LogP contribution is 2.45. The van der Waals surface area contributed by atoms with E-state index in [1.54, 1.807) is 0 Å². The second-order valence-corrected chi connectivity index (χ2v) is 6.38. The van der Waals surface area contributed by atoms with Crippen molar-refractivity contribution < 1.29 is 0 Å². The molecule has 1 aliphatic carbocycles. The Balaban J connectivity index is 0.00000176. The molecule has 0 bridgehead atoms. The standard InChI is InChI=1S/C16H27N5.HI/c1-2-17-15(18-10-13-21-11-5-9-19-21)20-12-8-16(14-20)6-3-4-7-16;/h5,9,11H,2-4,6-8,10,12-14H2,1H3,(H,17,18);1H. The van der Waals surface area contributed by atoms with Crippen LogP contribution in [-0.4, -0.2) is 46.8 Å². The van der Waals surface area contributed by atoms with Gasteiger partial charge in [0, 0.05) is 32.0 Å². The van der Waals surface area contributed by atoms with Gasteiger partial charge in [-0.3, -0.25) is 9.67 Å². The molecule has 1 aromatic heterocycles. The van der Waals surface area contributed by atoms with Gasteiger partial charge in [-0.25, -0.2) is 0 Å². The van der Waals surface area contributed by atoms with Crippen molar-refractivity contribution in [2.45, 2.75) is 45.6 Å². The average Bonchev–Trinajstić information content (AvgIpc) is 3.22. The van der Waals surface area contributed by atoms with E-state index in [1.165, 1.54) is 38.6 Å². The Morgan fingerprint density at radius 1 is 1.32 bits per heavy atom. The Morgan fingerprint density at radius 3 is 2.82 bits per heavy atom. The van der Waals surface area contributed by atoms with E-state index in [4.69, 9.17) is 4.99 Å². The lowest BCUT2D eigenvalue weighted by Gasteiger charge is -2.26. The van der Waals surface area contributed by atoms with Gasteiger partial charge in [-0.15, -0.1) is 24.0 Å². The molecule has 0 radical (unpaired) electrons. The minimum atomic E-state index is 0. The first-order valence-electron chi connectivity index (χ1n) is 8.32. The van der Waals surface area contributed by atoms with Crippen LogP contribution in [0.5, 0.6) is 0 Å². The molecule has 1 saturated heterocycles. The molecule has 3 rings (SSSR count). The van der Waals surface area contributed by atoms with E-state index in [0.717, 1.165) is 32.1 Å². The highest BCUT2D eigenvalue weighted by Gasteiger charge is 2.40. The molecule has 2 fully saturated rings. The summed E-state index contributed by atoms with van der Waals surface area (Å²) >= 11 is 0. The molecular weight excluding hydrogens is 389 g/mol. The first kappa shape index (κ1) is 17.6. The Labute approximate surface area is 150 Å². The van der Waals surface area contributed by atoms with Crippen molar-refractivity contribution in [2.75, 3.05) is 26.2 Å². The number of guanidine groups is 1. The molecule has 0 amide bonds. The fraction of sp³-hybridized carbons (Fsp3) is 0.750. The van der Waals surface area contributed by atoms with E-state index in [1.807, 2.05) is 23.1 Å². The number of hydrogen-bond donors (Lipinski definition) is 1. The molecule has 1 aliphatic heterocycles. The van der Waals surface area contributed by atoms with Crippen molar-refractivity contribution in [1.82, 2.24) is 20.0 Å². The van der Waals surface area contributed by atoms with Gasteiger partial charge < -0.3 is 10.2 Å². The highest BCUT2D eigenvalue weighted by molar-refractivity contribution is 14.0. The minimum absolute atomic E-state index is 0. The number of rotatable bonds is 4. The van der Waals surface area contributed by atoms with Crippen molar-refractivity contribution >= 4 is 29.9 Å². The lowest BCUT2D eigenvalue weighted by molar-refractivity contribution is 0.309. The topological polar surface area (TPSA) is 45.5 Å². The van der Waals surface area contributed by atoms with Crippen molar-refractivity contribution in [2.24, 2.45) is 10.4 Å². The Morgan fingerprint density at radius 2 is 2.14 bits per heavy atom. The fourth-order valence-corrected chi connectivity index (χ4v) is 3.77. The summed E-state index contributed by atoms with van der Waals surface area (Å²) in [6.45, 7) is 7.07. The first-order chi connectivity index (χ1) is 10.3. The van der Waals surface area contributed by atoms with Crippen LogP contribution in [0.1, 0.15) is 39.0 Å². The normalized spacial score (nSPS) is 20.4. The van der Waals surface area contributed by atoms with Crippen LogP contribution in [0.2, 0.25) is 0 Å². The molecule has 6 heteroatoms. The summed E-state index contributed by atoms with van der Waals surface area (Å²) in [5.74, 6) is 1.09. The van der Waals surface area contributed by atoms with Crippen LogP contribution in [0.3, 0.4) is 0 Å². The molecule has 2 aliphatic rings. The predicted molar refractivity (Wildman–Crippen MR) is 101 cm³/mol. The summed E-state index contributed by atoms with van der Waals surface area (Å²) in [6, 6.07) is 1.96. The third-order valence-corrected chi connectivity index (χ3v) is 4.89. The van der Waals surface area contributed by atoms with Crippen LogP contribution in [0.15, 0.2) is 23.5 Å². The van der Waals surface area contributed by atoms with Crippen LogP contribution < -0.4 is 5.32 Å². The number of aromatic nitrogens is 2. The maximum atomic E-state index is 4.80. The largest absolute Gasteiger partial charge is 0.357 e. The van der Waals surface area contributed by atoms with Gasteiger partial charge in [-0.2, -0.15) is 5.10 Å². The second-order valence-electron chi connectivity index (χ2n) is 6.38. The zero-order valence-electron chi connectivity index (χ0n) is 13.5. The lowest BCUT2D eigenvalue weighted by atomic mass is 9.86. The van der Waals surface area contributed by atoms with Crippen LogP contribution >= 0.6 is 24.0 Å². The van der Waals surface area contributed by atoms with E-state index in [9.17, 15) is 0 Å². The summed E-state index contributed by atoms with van der Waals surface area (Å²) in [5.41, 5.74) is 0.595. The quantitative estimate of drug-likeness (QED) is 0.466. The van der Waals surface area contributed by atoms with Crippen molar-refractivity contribution in [3.8, 4) is 0 Å². The minimum Gasteiger partial charge on any atom is -0.357 e. The number of nitrogens with zero attached hydrogens (tertiary/aromatic N) is 4. The van der Waals surface area contributed by atoms with Gasteiger partial charge in [0.05, 0.1) is 13.1 Å². The lowest BCUT2D eigenvalue weighted by Crippen LogP contribution is -2.41. The molecule has 0 unspecified atom stereocenters. The van der Waals surface area contributed by atoms with E-state index in [-0.39, 0.29) is 24.0 Å². The summed E-state index contributed by atoms with van der Waals surface area (Å²) in [4.78, 5) is 7.27. The highest BCUT2D eigenvalue weighted by atomic mass is 127. The monoisotopic (exact) mass is 417 g/mol. The maximum Gasteiger partial charge on any atom is 0.193 e. The molecule has 2 heterocycles. The molecule has 0 aromatic carbocycles. The predicted octanol–water partition coefficient (Wildman–Crippen LogP) is 2.73. The van der Waals surface area contributed by atoms with Crippen LogP contribution in [0.4, 0.5) is 0 Å². The Bertz CT molecular complexity index is 465. The molecule has 1 aromatic rings. The van der Waals surface area contributed by atoms with E-state index >= 15 is 0 Å². The second kappa shape index (κ2) is 8.17. The van der Waals surface area contributed by atoms with Gasteiger partial charge in [0.2, 0.25) is 0 Å². The van der Waals surface area contributed by atoms with E-state index in [2.05, 4.69) is 22.2 Å². The van der Waals surface area contributed by atoms with Gasteiger partial charge in [-0.05, 0) is 37.7 Å². The average molecular weight is 417 g/mol. The number of likely N-dealkylation sites (tertiary alicyclic amines) is 1. The molecule has 1 N–H and O–H groups in total. The molecule has 124 valence electrons. The Hall–Kier alpha value is -0.790. The van der Waals surface area contributed by atoms with Gasteiger partial charge in [0.15, 0.2) is 5.96 Å². The number of nitrogens with one attached hydrogen (secondary N) is 1. The number of halogens is 1. The molecule has 22 heavy (non-hydrogen) atoms. The zero-order chi connectivity index (χ0) is 14.5. The van der Waals surface area contributed by atoms with Gasteiger partial charge >= 0.3 is 0 Å². The summed E-state index contributed by atoms with van der Waals surface area (Å²) in [5, 5.41) is 7.69. The maximum absolute atomic E-state index is 4.80. The molecular formula is C16H28IN5. The van der Waals surface area contributed by atoms with Gasteiger partial charge in [0.1, 0.15) is 0 Å². The third kappa shape index (κ3) is 4.14. The summed E-state index contributed by atoms with van der Waals surface area (Å²) in [6.07, 6.45) is 10.8.